The molecule has 0 aliphatic heterocycles. The van der Waals surface area contributed by atoms with E-state index in [2.05, 4.69) is 5.32 Å². The first-order chi connectivity index (χ1) is 8.25. The van der Waals surface area contributed by atoms with Crippen molar-refractivity contribution in [3.8, 4) is 0 Å². The molecule has 2 atom stereocenters. The molecule has 1 amide bonds. The van der Waals surface area contributed by atoms with Gasteiger partial charge in [0.1, 0.15) is 0 Å². The van der Waals surface area contributed by atoms with Gasteiger partial charge in [-0.2, -0.15) is 0 Å². The Morgan fingerprint density at radius 1 is 1.29 bits per heavy atom. The van der Waals surface area contributed by atoms with Crippen molar-refractivity contribution in [1.82, 2.24) is 5.32 Å². The number of rotatable bonds is 3. The number of aliphatic hydroxyl groups is 1. The molecule has 2 N–H and O–H groups in total. The summed E-state index contributed by atoms with van der Waals surface area (Å²) in [4.78, 5) is 11.6. The normalized spacial score (nSPS) is 24.1. The van der Waals surface area contributed by atoms with Gasteiger partial charge in [-0.05, 0) is 30.9 Å². The highest BCUT2D eigenvalue weighted by atomic mass is 16.3. The summed E-state index contributed by atoms with van der Waals surface area (Å²) in [5.41, 5.74) is 0.995. The fourth-order valence-corrected chi connectivity index (χ4v) is 2.08. The lowest BCUT2D eigenvalue weighted by Gasteiger charge is -2.14. The second-order valence-corrected chi connectivity index (χ2v) is 4.36. The number of nitrogens with one attached hydrogen (secondary N) is 1. The predicted octanol–water partition coefficient (Wildman–Crippen LogP) is 1.73. The van der Waals surface area contributed by atoms with Crippen LogP contribution in [0, 0.1) is 0 Å². The summed E-state index contributed by atoms with van der Waals surface area (Å²) in [6.45, 7) is 0. The van der Waals surface area contributed by atoms with Gasteiger partial charge in [0.05, 0.1) is 12.1 Å². The number of benzene rings is 1. The molecule has 90 valence electrons. The zero-order chi connectivity index (χ0) is 12.1. The summed E-state index contributed by atoms with van der Waals surface area (Å²) in [6, 6.07) is 9.59. The van der Waals surface area contributed by atoms with E-state index in [1.54, 1.807) is 6.08 Å². The number of amides is 1. The molecule has 3 heteroatoms. The van der Waals surface area contributed by atoms with Crippen LogP contribution in [-0.4, -0.2) is 23.2 Å². The van der Waals surface area contributed by atoms with Crippen molar-refractivity contribution in [2.45, 2.75) is 31.4 Å². The lowest BCUT2D eigenvalue weighted by Crippen LogP contribution is -2.38. The fraction of sp³-hybridized carbons (Fsp3) is 0.357. The van der Waals surface area contributed by atoms with Crippen LogP contribution in [0.5, 0.6) is 0 Å². The van der Waals surface area contributed by atoms with Crippen LogP contribution in [0.3, 0.4) is 0 Å². The maximum Gasteiger partial charge on any atom is 0.244 e. The molecule has 17 heavy (non-hydrogen) atoms. The Balaban J connectivity index is 1.87. The van der Waals surface area contributed by atoms with E-state index in [0.717, 1.165) is 24.8 Å². The molecular formula is C14H17NO2. The quantitative estimate of drug-likeness (QED) is 0.778. The van der Waals surface area contributed by atoms with Crippen molar-refractivity contribution in [2.24, 2.45) is 0 Å². The first kappa shape index (κ1) is 11.9. The average molecular weight is 231 g/mol. The first-order valence-electron chi connectivity index (χ1n) is 5.97. The minimum atomic E-state index is -0.385. The SMILES string of the molecule is O=C(/C=C/c1ccccc1)N[C@H]1CCC[C@@H]1O. The maximum atomic E-state index is 11.6. The third-order valence-electron chi connectivity index (χ3n) is 3.03. The lowest BCUT2D eigenvalue weighted by molar-refractivity contribution is -0.117. The molecule has 0 radical (unpaired) electrons. The maximum absolute atomic E-state index is 11.6. The molecule has 0 unspecified atom stereocenters. The molecule has 1 fully saturated rings. The van der Waals surface area contributed by atoms with Gasteiger partial charge >= 0.3 is 0 Å². The van der Waals surface area contributed by atoms with E-state index in [4.69, 9.17) is 0 Å². The zero-order valence-electron chi connectivity index (χ0n) is 9.67. The van der Waals surface area contributed by atoms with Gasteiger partial charge in [-0.3, -0.25) is 4.79 Å². The summed E-state index contributed by atoms with van der Waals surface area (Å²) in [7, 11) is 0. The van der Waals surface area contributed by atoms with E-state index in [1.165, 1.54) is 6.08 Å². The molecule has 1 aromatic rings. The summed E-state index contributed by atoms with van der Waals surface area (Å²) in [6.07, 6.45) is 5.54. The monoisotopic (exact) mass is 231 g/mol. The van der Waals surface area contributed by atoms with E-state index < -0.39 is 0 Å². The molecule has 1 aliphatic carbocycles. The lowest BCUT2D eigenvalue weighted by atomic mass is 10.2. The molecule has 1 saturated carbocycles. The Bertz CT molecular complexity index is 400. The number of aliphatic hydroxyl groups excluding tert-OH is 1. The highest BCUT2D eigenvalue weighted by Crippen LogP contribution is 2.18. The predicted molar refractivity (Wildman–Crippen MR) is 67.3 cm³/mol. The van der Waals surface area contributed by atoms with Crippen molar-refractivity contribution >= 4 is 12.0 Å². The molecule has 1 aromatic carbocycles. The highest BCUT2D eigenvalue weighted by molar-refractivity contribution is 5.91. The second kappa shape index (κ2) is 5.64. The van der Waals surface area contributed by atoms with Gasteiger partial charge in [0.2, 0.25) is 5.91 Å². The minimum Gasteiger partial charge on any atom is -0.391 e. The van der Waals surface area contributed by atoms with Gasteiger partial charge in [0, 0.05) is 6.08 Å². The third kappa shape index (κ3) is 3.43. The van der Waals surface area contributed by atoms with Crippen LogP contribution in [0.2, 0.25) is 0 Å². The van der Waals surface area contributed by atoms with Crippen molar-refractivity contribution in [1.29, 1.82) is 0 Å². The Morgan fingerprint density at radius 2 is 2.06 bits per heavy atom. The average Bonchev–Trinajstić information content (AvgIpc) is 2.74. The molecule has 0 aromatic heterocycles. The molecule has 0 bridgehead atoms. The van der Waals surface area contributed by atoms with Gasteiger partial charge in [-0.1, -0.05) is 30.3 Å². The molecule has 0 saturated heterocycles. The van der Waals surface area contributed by atoms with Crippen molar-refractivity contribution in [3.63, 3.8) is 0 Å². The molecule has 2 rings (SSSR count). The zero-order valence-corrected chi connectivity index (χ0v) is 9.67. The molecular weight excluding hydrogens is 214 g/mol. The summed E-state index contributed by atoms with van der Waals surface area (Å²) in [5.74, 6) is -0.139. The standard InChI is InChI=1S/C14H17NO2/c16-13-8-4-7-12(13)15-14(17)10-9-11-5-2-1-3-6-11/h1-3,5-6,9-10,12-13,16H,4,7-8H2,(H,15,17)/b10-9+/t12-,13-/m0/s1. The Labute approximate surface area is 101 Å². The van der Waals surface area contributed by atoms with E-state index in [-0.39, 0.29) is 18.1 Å². The largest absolute Gasteiger partial charge is 0.391 e. The van der Waals surface area contributed by atoms with E-state index in [1.807, 2.05) is 30.3 Å². The highest BCUT2D eigenvalue weighted by Gasteiger charge is 2.25. The summed E-state index contributed by atoms with van der Waals surface area (Å²) < 4.78 is 0. The van der Waals surface area contributed by atoms with Crippen LogP contribution >= 0.6 is 0 Å². The number of hydrogen-bond donors (Lipinski definition) is 2. The number of carbonyl (C=O) groups excluding carboxylic acids is 1. The number of carbonyl (C=O) groups is 1. The van der Waals surface area contributed by atoms with E-state index >= 15 is 0 Å². The second-order valence-electron chi connectivity index (χ2n) is 4.36. The van der Waals surface area contributed by atoms with Gasteiger partial charge in [-0.15, -0.1) is 0 Å². The molecule has 3 nitrogen and oxygen atoms in total. The molecule has 0 heterocycles. The molecule has 1 aliphatic rings. The summed E-state index contributed by atoms with van der Waals surface area (Å²) >= 11 is 0. The van der Waals surface area contributed by atoms with E-state index in [9.17, 15) is 9.90 Å². The van der Waals surface area contributed by atoms with Crippen LogP contribution < -0.4 is 5.32 Å². The third-order valence-corrected chi connectivity index (χ3v) is 3.03. The fourth-order valence-electron chi connectivity index (χ4n) is 2.08. The van der Waals surface area contributed by atoms with Crippen LogP contribution in [0.15, 0.2) is 36.4 Å². The Morgan fingerprint density at radius 3 is 2.71 bits per heavy atom. The Hall–Kier alpha value is -1.61. The Kier molecular flexibility index (Phi) is 3.94. The van der Waals surface area contributed by atoms with Crippen LogP contribution in [0.4, 0.5) is 0 Å². The topological polar surface area (TPSA) is 49.3 Å². The van der Waals surface area contributed by atoms with Crippen LogP contribution in [0.25, 0.3) is 6.08 Å². The first-order valence-corrected chi connectivity index (χ1v) is 5.97. The van der Waals surface area contributed by atoms with Crippen molar-refractivity contribution in [2.75, 3.05) is 0 Å². The van der Waals surface area contributed by atoms with Crippen LogP contribution in [-0.2, 0) is 4.79 Å². The minimum absolute atomic E-state index is 0.0806. The van der Waals surface area contributed by atoms with Crippen molar-refractivity contribution in [3.05, 3.63) is 42.0 Å². The van der Waals surface area contributed by atoms with Crippen LogP contribution in [0.1, 0.15) is 24.8 Å². The van der Waals surface area contributed by atoms with Crippen molar-refractivity contribution < 1.29 is 9.90 Å². The van der Waals surface area contributed by atoms with Gasteiger partial charge < -0.3 is 10.4 Å². The van der Waals surface area contributed by atoms with E-state index in [0.29, 0.717) is 0 Å². The van der Waals surface area contributed by atoms with Gasteiger partial charge in [-0.25, -0.2) is 0 Å². The number of hydrogen-bond acceptors (Lipinski definition) is 2. The molecule has 0 spiro atoms. The summed E-state index contributed by atoms with van der Waals surface area (Å²) in [5, 5.41) is 12.4. The smallest absolute Gasteiger partial charge is 0.244 e. The van der Waals surface area contributed by atoms with Gasteiger partial charge in [0.25, 0.3) is 0 Å². The van der Waals surface area contributed by atoms with Gasteiger partial charge in [0.15, 0.2) is 0 Å².